The van der Waals surface area contributed by atoms with Crippen LogP contribution in [0.2, 0.25) is 0 Å². The van der Waals surface area contributed by atoms with Gasteiger partial charge in [0.15, 0.2) is 5.82 Å². The van der Waals surface area contributed by atoms with Crippen LogP contribution in [0.3, 0.4) is 0 Å². The summed E-state index contributed by atoms with van der Waals surface area (Å²) in [4.78, 5) is 24.2. The number of aromatic nitrogens is 4. The van der Waals surface area contributed by atoms with E-state index in [1.807, 2.05) is 13.8 Å². The fourth-order valence-corrected chi connectivity index (χ4v) is 3.03. The second-order valence-corrected chi connectivity index (χ2v) is 7.43. The summed E-state index contributed by atoms with van der Waals surface area (Å²) in [6.07, 6.45) is -5.75. The third kappa shape index (κ3) is 6.43. The van der Waals surface area contributed by atoms with Gasteiger partial charge in [-0.25, -0.2) is 4.79 Å². The molecule has 2 atom stereocenters. The topological polar surface area (TPSA) is 132 Å². The van der Waals surface area contributed by atoms with E-state index in [1.165, 1.54) is 13.1 Å². The number of carbonyl (C=O) groups is 2. The third-order valence-electron chi connectivity index (χ3n) is 4.37. The van der Waals surface area contributed by atoms with Gasteiger partial charge in [0.05, 0.1) is 18.0 Å². The number of anilines is 1. The van der Waals surface area contributed by atoms with E-state index >= 15 is 0 Å². The Labute approximate surface area is 180 Å². The molecule has 3 rings (SSSR count). The molecular formula is C18H23F3N6O5. The molecule has 11 nitrogen and oxygen atoms in total. The van der Waals surface area contributed by atoms with Gasteiger partial charge in [-0.05, 0) is 19.9 Å². The maximum Gasteiger partial charge on any atom is 0.522 e. The molecule has 2 amide bonds. The molecule has 0 aliphatic carbocycles. The van der Waals surface area contributed by atoms with Crippen LogP contribution in [0.5, 0.6) is 0 Å². The molecule has 14 heteroatoms. The fraction of sp³-hybridized carbons (Fsp3) is 0.556. The standard InChI is InChI=1S/C18H23F3N6O5/c1-9(2)22-17(29)32-11-5-14(30-8-11)12-6-15(25-24-12)23-16(28)13-4-10(26-27(13)3)7-31-18(19,20)21/h4,6,9,11,14H,5,7-8H2,1-3H3,(H,22,29)(H2,23,24,25,28). The van der Waals surface area contributed by atoms with Crippen LogP contribution in [-0.2, 0) is 27.9 Å². The van der Waals surface area contributed by atoms with Crippen LogP contribution in [0.25, 0.3) is 0 Å². The van der Waals surface area contributed by atoms with Crippen LogP contribution in [0.4, 0.5) is 23.8 Å². The van der Waals surface area contributed by atoms with E-state index in [1.54, 1.807) is 6.07 Å². The quantitative estimate of drug-likeness (QED) is 0.578. The summed E-state index contributed by atoms with van der Waals surface area (Å²) in [6.45, 7) is 3.04. The number of alkyl carbamates (subject to hydrolysis) is 1. The number of nitrogens with one attached hydrogen (secondary N) is 3. The largest absolute Gasteiger partial charge is 0.522 e. The van der Waals surface area contributed by atoms with Crippen LogP contribution in [0.1, 0.15) is 48.2 Å². The van der Waals surface area contributed by atoms with Crippen molar-refractivity contribution >= 4 is 17.8 Å². The minimum absolute atomic E-state index is 0.0251. The van der Waals surface area contributed by atoms with E-state index < -0.39 is 37.2 Å². The maximum atomic E-state index is 12.5. The number of carbonyl (C=O) groups excluding carboxylic acids is 2. The minimum atomic E-state index is -4.80. The van der Waals surface area contributed by atoms with Crippen LogP contribution >= 0.6 is 0 Å². The molecule has 1 fully saturated rings. The molecule has 2 aromatic rings. The zero-order valence-electron chi connectivity index (χ0n) is 17.5. The average molecular weight is 460 g/mol. The number of amides is 2. The lowest BCUT2D eigenvalue weighted by Crippen LogP contribution is -2.33. The molecule has 0 saturated carbocycles. The number of rotatable bonds is 7. The van der Waals surface area contributed by atoms with Crippen molar-refractivity contribution in [1.29, 1.82) is 0 Å². The number of hydrogen-bond acceptors (Lipinski definition) is 7. The predicted molar refractivity (Wildman–Crippen MR) is 102 cm³/mol. The molecule has 0 bridgehead atoms. The molecule has 0 spiro atoms. The van der Waals surface area contributed by atoms with Crippen molar-refractivity contribution < 1.29 is 37.0 Å². The molecule has 176 valence electrons. The highest BCUT2D eigenvalue weighted by Gasteiger charge is 2.32. The summed E-state index contributed by atoms with van der Waals surface area (Å²) in [5, 5.41) is 15.8. The van der Waals surface area contributed by atoms with E-state index in [0.29, 0.717) is 12.1 Å². The number of alkyl halides is 3. The second kappa shape index (κ2) is 9.56. The van der Waals surface area contributed by atoms with Crippen LogP contribution < -0.4 is 10.6 Å². The van der Waals surface area contributed by atoms with Crippen molar-refractivity contribution in [3.8, 4) is 0 Å². The van der Waals surface area contributed by atoms with Gasteiger partial charge < -0.3 is 20.1 Å². The molecule has 2 aromatic heterocycles. The van der Waals surface area contributed by atoms with Crippen LogP contribution in [0, 0.1) is 0 Å². The number of nitrogens with zero attached hydrogens (tertiary/aromatic N) is 3. The summed E-state index contributed by atoms with van der Waals surface area (Å²) in [7, 11) is 1.42. The van der Waals surface area contributed by atoms with Crippen molar-refractivity contribution in [3.63, 3.8) is 0 Å². The van der Waals surface area contributed by atoms with Gasteiger partial charge in [0, 0.05) is 25.6 Å². The molecule has 0 aromatic carbocycles. The van der Waals surface area contributed by atoms with E-state index in [9.17, 15) is 22.8 Å². The van der Waals surface area contributed by atoms with Gasteiger partial charge in [-0.15, -0.1) is 13.2 Å². The summed E-state index contributed by atoms with van der Waals surface area (Å²) >= 11 is 0. The Bertz CT molecular complexity index is 957. The summed E-state index contributed by atoms with van der Waals surface area (Å²) in [5.74, 6) is -0.431. The molecule has 1 aliphatic rings. The predicted octanol–water partition coefficient (Wildman–Crippen LogP) is 2.40. The second-order valence-electron chi connectivity index (χ2n) is 7.43. The first kappa shape index (κ1) is 23.5. The van der Waals surface area contributed by atoms with E-state index in [2.05, 4.69) is 30.7 Å². The number of aryl methyl sites for hydroxylation is 1. The Balaban J connectivity index is 1.55. The van der Waals surface area contributed by atoms with Gasteiger partial charge in [0.2, 0.25) is 0 Å². The highest BCUT2D eigenvalue weighted by atomic mass is 19.4. The number of ether oxygens (including phenoxy) is 3. The molecule has 32 heavy (non-hydrogen) atoms. The van der Waals surface area contributed by atoms with Gasteiger partial charge in [0.25, 0.3) is 5.91 Å². The number of halogens is 3. The van der Waals surface area contributed by atoms with Crippen molar-refractivity contribution in [2.24, 2.45) is 7.05 Å². The highest BCUT2D eigenvalue weighted by Crippen LogP contribution is 2.30. The van der Waals surface area contributed by atoms with Crippen molar-refractivity contribution in [2.45, 2.75) is 51.5 Å². The molecule has 1 saturated heterocycles. The first-order chi connectivity index (χ1) is 15.0. The van der Waals surface area contributed by atoms with Crippen molar-refractivity contribution in [2.75, 3.05) is 11.9 Å². The lowest BCUT2D eigenvalue weighted by molar-refractivity contribution is -0.330. The van der Waals surface area contributed by atoms with Gasteiger partial charge >= 0.3 is 12.5 Å². The lowest BCUT2D eigenvalue weighted by Gasteiger charge is -2.13. The minimum Gasteiger partial charge on any atom is -0.444 e. The summed E-state index contributed by atoms with van der Waals surface area (Å²) in [6, 6.07) is 2.70. The van der Waals surface area contributed by atoms with Crippen molar-refractivity contribution in [1.82, 2.24) is 25.3 Å². The molecular weight excluding hydrogens is 437 g/mol. The van der Waals surface area contributed by atoms with Gasteiger partial charge in [-0.3, -0.25) is 19.3 Å². The Morgan fingerprint density at radius 3 is 2.81 bits per heavy atom. The summed E-state index contributed by atoms with van der Waals surface area (Å²) < 4.78 is 52.3. The smallest absolute Gasteiger partial charge is 0.444 e. The lowest BCUT2D eigenvalue weighted by atomic mass is 10.1. The Kier molecular flexibility index (Phi) is 7.03. The maximum absolute atomic E-state index is 12.5. The van der Waals surface area contributed by atoms with E-state index in [4.69, 9.17) is 9.47 Å². The van der Waals surface area contributed by atoms with Crippen LogP contribution in [-0.4, -0.2) is 57.1 Å². The fourth-order valence-electron chi connectivity index (χ4n) is 3.03. The Morgan fingerprint density at radius 2 is 2.12 bits per heavy atom. The normalized spacial score (nSPS) is 18.7. The van der Waals surface area contributed by atoms with E-state index in [0.717, 1.165) is 4.68 Å². The SMILES string of the molecule is CC(C)NC(=O)OC1COC(c2cc(NC(=O)c3cc(COC(F)(F)F)nn3C)n[nH]2)C1. The first-order valence-electron chi connectivity index (χ1n) is 9.69. The van der Waals surface area contributed by atoms with Gasteiger partial charge in [-0.2, -0.15) is 10.2 Å². The highest BCUT2D eigenvalue weighted by molar-refractivity contribution is 6.02. The molecule has 1 aliphatic heterocycles. The summed E-state index contributed by atoms with van der Waals surface area (Å²) in [5.41, 5.74) is 0.543. The Hall–Kier alpha value is -3.13. The third-order valence-corrected chi connectivity index (χ3v) is 4.37. The molecule has 3 N–H and O–H groups in total. The molecule has 2 unspecified atom stereocenters. The number of H-pyrrole nitrogens is 1. The van der Waals surface area contributed by atoms with Gasteiger partial charge in [-0.1, -0.05) is 0 Å². The first-order valence-corrected chi connectivity index (χ1v) is 9.69. The molecule has 3 heterocycles. The van der Waals surface area contributed by atoms with E-state index in [-0.39, 0.29) is 29.9 Å². The van der Waals surface area contributed by atoms with Gasteiger partial charge in [0.1, 0.15) is 24.5 Å². The zero-order valence-corrected chi connectivity index (χ0v) is 17.5. The monoisotopic (exact) mass is 460 g/mol. The van der Waals surface area contributed by atoms with Crippen LogP contribution in [0.15, 0.2) is 12.1 Å². The average Bonchev–Trinajstić information content (AvgIpc) is 3.38. The Morgan fingerprint density at radius 1 is 1.38 bits per heavy atom. The zero-order chi connectivity index (χ0) is 23.5. The molecule has 0 radical (unpaired) electrons. The van der Waals surface area contributed by atoms with Crippen molar-refractivity contribution in [3.05, 3.63) is 29.2 Å². The number of hydrogen-bond donors (Lipinski definition) is 3. The number of aromatic amines is 1.